The van der Waals surface area contributed by atoms with Gasteiger partial charge in [-0.25, -0.2) is 4.39 Å². The number of aromatic amines is 1. The number of hydrogen-bond acceptors (Lipinski definition) is 1. The van der Waals surface area contributed by atoms with Gasteiger partial charge in [-0.3, -0.25) is 4.79 Å². The topological polar surface area (TPSA) is 44.9 Å². The Hall–Kier alpha value is -2.33. The summed E-state index contributed by atoms with van der Waals surface area (Å²) in [6.07, 6.45) is 0.178. The van der Waals surface area contributed by atoms with Gasteiger partial charge in [0.1, 0.15) is 5.82 Å². The first kappa shape index (κ1) is 14.6. The van der Waals surface area contributed by atoms with E-state index in [0.717, 1.165) is 22.2 Å². The maximum absolute atomic E-state index is 13.7. The van der Waals surface area contributed by atoms with Crippen molar-refractivity contribution in [3.8, 4) is 0 Å². The fourth-order valence-electron chi connectivity index (χ4n) is 2.51. The third-order valence-electron chi connectivity index (χ3n) is 3.57. The van der Waals surface area contributed by atoms with Gasteiger partial charge in [0.15, 0.2) is 0 Å². The number of nitrogens with one attached hydrogen (secondary N) is 2. The van der Waals surface area contributed by atoms with Crippen LogP contribution in [-0.2, 0) is 11.2 Å². The van der Waals surface area contributed by atoms with Gasteiger partial charge in [0.25, 0.3) is 0 Å². The minimum absolute atomic E-state index is 0.131. The predicted molar refractivity (Wildman–Crippen MR) is 86.8 cm³/mol. The molecule has 0 bridgehead atoms. The number of carbonyl (C=O) groups is 1. The van der Waals surface area contributed by atoms with Gasteiger partial charge in [0.05, 0.1) is 12.1 Å². The van der Waals surface area contributed by atoms with E-state index >= 15 is 0 Å². The molecule has 0 unspecified atom stereocenters. The number of hydrogen-bond donors (Lipinski definition) is 2. The molecule has 3 nitrogen and oxygen atoms in total. The van der Waals surface area contributed by atoms with E-state index in [2.05, 4.69) is 10.3 Å². The highest BCUT2D eigenvalue weighted by Gasteiger charge is 2.13. The van der Waals surface area contributed by atoms with Gasteiger partial charge < -0.3 is 10.3 Å². The second-order valence-corrected chi connectivity index (χ2v) is 5.56. The van der Waals surface area contributed by atoms with Crippen molar-refractivity contribution < 1.29 is 9.18 Å². The Morgan fingerprint density at radius 3 is 2.82 bits per heavy atom. The molecule has 0 spiro atoms. The van der Waals surface area contributed by atoms with Crippen LogP contribution in [0.15, 0.2) is 42.5 Å². The lowest BCUT2D eigenvalue weighted by Crippen LogP contribution is -2.15. The van der Waals surface area contributed by atoms with Crippen LogP contribution in [-0.4, -0.2) is 10.9 Å². The number of fused-ring (bicyclic) bond motifs is 1. The van der Waals surface area contributed by atoms with Crippen LogP contribution >= 0.6 is 11.6 Å². The molecule has 3 rings (SSSR count). The molecule has 0 aliphatic rings. The number of halogens is 2. The zero-order valence-electron chi connectivity index (χ0n) is 11.9. The van der Waals surface area contributed by atoms with Crippen LogP contribution in [0.5, 0.6) is 0 Å². The first-order chi connectivity index (χ1) is 10.5. The molecule has 0 aliphatic carbocycles. The summed E-state index contributed by atoms with van der Waals surface area (Å²) in [4.78, 5) is 15.4. The number of carbonyl (C=O) groups excluding carboxylic acids is 1. The molecule has 5 heteroatoms. The number of amides is 1. The molecule has 2 aromatic carbocycles. The van der Waals surface area contributed by atoms with Crippen molar-refractivity contribution in [3.05, 3.63) is 64.6 Å². The molecule has 0 saturated heterocycles. The Morgan fingerprint density at radius 1 is 1.27 bits per heavy atom. The first-order valence-electron chi connectivity index (χ1n) is 6.85. The molecule has 0 saturated carbocycles. The number of para-hydroxylation sites is 1. The van der Waals surface area contributed by atoms with Crippen molar-refractivity contribution in [1.82, 2.24) is 4.98 Å². The summed E-state index contributed by atoms with van der Waals surface area (Å²) in [5.74, 6) is -0.814. The average Bonchev–Trinajstić information content (AvgIpc) is 2.78. The quantitative estimate of drug-likeness (QED) is 0.736. The SMILES string of the molecule is Cc1[nH]c2ccccc2c1CC(=O)Nc1ccc(Cl)cc1F. The average molecular weight is 317 g/mol. The van der Waals surface area contributed by atoms with Crippen molar-refractivity contribution in [2.75, 3.05) is 5.32 Å². The fraction of sp³-hybridized carbons (Fsp3) is 0.118. The molecule has 1 amide bonds. The summed E-state index contributed by atoms with van der Waals surface area (Å²) in [5, 5.41) is 3.88. The van der Waals surface area contributed by atoms with Gasteiger partial charge in [0, 0.05) is 21.6 Å². The van der Waals surface area contributed by atoms with Crippen molar-refractivity contribution in [1.29, 1.82) is 0 Å². The summed E-state index contributed by atoms with van der Waals surface area (Å²) < 4.78 is 13.7. The molecule has 22 heavy (non-hydrogen) atoms. The molecule has 0 aliphatic heterocycles. The van der Waals surface area contributed by atoms with Gasteiger partial charge in [-0.05, 0) is 36.8 Å². The zero-order valence-corrected chi connectivity index (χ0v) is 12.7. The smallest absolute Gasteiger partial charge is 0.228 e. The molecular formula is C17H14ClFN2O. The highest BCUT2D eigenvalue weighted by atomic mass is 35.5. The third kappa shape index (κ3) is 2.83. The summed E-state index contributed by atoms with van der Waals surface area (Å²) in [5.41, 5.74) is 2.97. The summed E-state index contributed by atoms with van der Waals surface area (Å²) in [6, 6.07) is 12.0. The number of anilines is 1. The molecule has 0 atom stereocenters. The van der Waals surface area contributed by atoms with Crippen LogP contribution < -0.4 is 5.32 Å². The monoisotopic (exact) mass is 316 g/mol. The molecule has 2 N–H and O–H groups in total. The number of aryl methyl sites for hydroxylation is 1. The Labute approximate surface area is 132 Å². The second kappa shape index (κ2) is 5.81. The van der Waals surface area contributed by atoms with Crippen LogP contribution in [0.4, 0.5) is 10.1 Å². The highest BCUT2D eigenvalue weighted by Crippen LogP contribution is 2.23. The van der Waals surface area contributed by atoms with Crippen molar-refractivity contribution >= 4 is 34.1 Å². The van der Waals surface area contributed by atoms with Crippen molar-refractivity contribution in [3.63, 3.8) is 0 Å². The van der Waals surface area contributed by atoms with E-state index < -0.39 is 5.82 Å². The number of rotatable bonds is 3. The molecule has 1 heterocycles. The van der Waals surface area contributed by atoms with E-state index in [0.29, 0.717) is 5.02 Å². The van der Waals surface area contributed by atoms with Crippen molar-refractivity contribution in [2.24, 2.45) is 0 Å². The molecular weight excluding hydrogens is 303 g/mol. The standard InChI is InChI=1S/C17H14ClFN2O/c1-10-13(12-4-2-3-5-15(12)20-10)9-17(22)21-16-7-6-11(18)8-14(16)19/h2-8,20H,9H2,1H3,(H,21,22). The molecule has 3 aromatic rings. The van der Waals surface area contributed by atoms with Gasteiger partial charge in [0.2, 0.25) is 5.91 Å². The Balaban J connectivity index is 1.83. The van der Waals surface area contributed by atoms with E-state index in [-0.39, 0.29) is 18.0 Å². The Kier molecular flexibility index (Phi) is 3.86. The van der Waals surface area contributed by atoms with Crippen LogP contribution in [0.3, 0.4) is 0 Å². The van der Waals surface area contributed by atoms with Gasteiger partial charge in [-0.1, -0.05) is 29.8 Å². The van der Waals surface area contributed by atoms with E-state index in [9.17, 15) is 9.18 Å². The van der Waals surface area contributed by atoms with Crippen LogP contribution in [0.2, 0.25) is 5.02 Å². The first-order valence-corrected chi connectivity index (χ1v) is 7.23. The molecule has 0 radical (unpaired) electrons. The molecule has 0 fully saturated rings. The zero-order chi connectivity index (χ0) is 15.7. The maximum atomic E-state index is 13.7. The van der Waals surface area contributed by atoms with Gasteiger partial charge >= 0.3 is 0 Å². The summed E-state index contributed by atoms with van der Waals surface area (Å²) in [6.45, 7) is 1.92. The number of H-pyrrole nitrogens is 1. The van der Waals surface area contributed by atoms with E-state index in [1.54, 1.807) is 0 Å². The predicted octanol–water partition coefficient (Wildman–Crippen LogP) is 4.45. The molecule has 112 valence electrons. The second-order valence-electron chi connectivity index (χ2n) is 5.12. The van der Waals surface area contributed by atoms with Crippen LogP contribution in [0.1, 0.15) is 11.3 Å². The fourth-order valence-corrected chi connectivity index (χ4v) is 2.67. The Morgan fingerprint density at radius 2 is 2.05 bits per heavy atom. The lowest BCUT2D eigenvalue weighted by molar-refractivity contribution is -0.115. The lowest BCUT2D eigenvalue weighted by atomic mass is 10.1. The lowest BCUT2D eigenvalue weighted by Gasteiger charge is -2.07. The third-order valence-corrected chi connectivity index (χ3v) is 3.80. The van der Waals surface area contributed by atoms with E-state index in [1.165, 1.54) is 18.2 Å². The van der Waals surface area contributed by atoms with Gasteiger partial charge in [-0.15, -0.1) is 0 Å². The van der Waals surface area contributed by atoms with Crippen LogP contribution in [0.25, 0.3) is 10.9 Å². The van der Waals surface area contributed by atoms with Gasteiger partial charge in [-0.2, -0.15) is 0 Å². The minimum atomic E-state index is -0.545. The number of aromatic nitrogens is 1. The highest BCUT2D eigenvalue weighted by molar-refractivity contribution is 6.30. The molecule has 1 aromatic heterocycles. The van der Waals surface area contributed by atoms with Crippen molar-refractivity contribution in [2.45, 2.75) is 13.3 Å². The van der Waals surface area contributed by atoms with E-state index in [1.807, 2.05) is 31.2 Å². The number of benzene rings is 2. The van der Waals surface area contributed by atoms with Crippen LogP contribution in [0, 0.1) is 12.7 Å². The summed E-state index contributed by atoms with van der Waals surface area (Å²) >= 11 is 5.70. The maximum Gasteiger partial charge on any atom is 0.228 e. The Bertz CT molecular complexity index is 857. The normalized spacial score (nSPS) is 10.9. The minimum Gasteiger partial charge on any atom is -0.358 e. The van der Waals surface area contributed by atoms with E-state index in [4.69, 9.17) is 11.6 Å². The summed E-state index contributed by atoms with van der Waals surface area (Å²) in [7, 11) is 0. The largest absolute Gasteiger partial charge is 0.358 e.